The topological polar surface area (TPSA) is 46.2 Å². The average molecular weight is 234 g/mol. The lowest BCUT2D eigenvalue weighted by Gasteiger charge is -2.16. The molecule has 2 nitrogen and oxygen atoms in total. The van der Waals surface area contributed by atoms with Gasteiger partial charge in [-0.15, -0.1) is 0 Å². The molecular weight excluding hydrogens is 221 g/mol. The molecular formula is C10H13Cl2NO. The SMILES string of the molecule is Cc1c(Cl)cc([C@H](O)[C@@H](C)N)cc1Cl. The quantitative estimate of drug-likeness (QED) is 0.826. The standard InChI is InChI=1S/C10H13Cl2NO/c1-5-8(11)3-7(4-9(5)12)10(14)6(2)13/h3-4,6,10,14H,13H2,1-2H3/t6-,10-/m1/s1. The van der Waals surface area contributed by atoms with Crippen molar-refractivity contribution in [3.05, 3.63) is 33.3 Å². The van der Waals surface area contributed by atoms with Gasteiger partial charge in [-0.2, -0.15) is 0 Å². The molecule has 0 amide bonds. The Labute approximate surface area is 93.6 Å². The van der Waals surface area contributed by atoms with Gasteiger partial charge in [-0.05, 0) is 37.1 Å². The lowest BCUT2D eigenvalue weighted by Crippen LogP contribution is -2.24. The second kappa shape index (κ2) is 4.49. The van der Waals surface area contributed by atoms with E-state index in [-0.39, 0.29) is 6.04 Å². The highest BCUT2D eigenvalue weighted by Crippen LogP contribution is 2.29. The molecule has 1 rings (SSSR count). The van der Waals surface area contributed by atoms with E-state index in [4.69, 9.17) is 28.9 Å². The normalized spacial score (nSPS) is 15.3. The fourth-order valence-electron chi connectivity index (χ4n) is 1.14. The smallest absolute Gasteiger partial charge is 0.0939 e. The minimum absolute atomic E-state index is 0.343. The monoisotopic (exact) mass is 233 g/mol. The lowest BCUT2D eigenvalue weighted by atomic mass is 10.0. The fraction of sp³-hybridized carbons (Fsp3) is 0.400. The maximum Gasteiger partial charge on any atom is 0.0939 e. The number of aliphatic hydroxyl groups is 1. The van der Waals surface area contributed by atoms with Crippen LogP contribution in [-0.4, -0.2) is 11.1 Å². The van der Waals surface area contributed by atoms with Gasteiger partial charge in [0.25, 0.3) is 0 Å². The van der Waals surface area contributed by atoms with Crippen LogP contribution in [0.3, 0.4) is 0 Å². The van der Waals surface area contributed by atoms with E-state index in [0.29, 0.717) is 15.6 Å². The molecule has 0 unspecified atom stereocenters. The summed E-state index contributed by atoms with van der Waals surface area (Å²) in [5.41, 5.74) is 7.04. The van der Waals surface area contributed by atoms with Crippen LogP contribution in [-0.2, 0) is 0 Å². The van der Waals surface area contributed by atoms with Crippen LogP contribution < -0.4 is 5.73 Å². The van der Waals surface area contributed by atoms with Crippen molar-refractivity contribution in [3.8, 4) is 0 Å². The van der Waals surface area contributed by atoms with Crippen LogP contribution in [0.4, 0.5) is 0 Å². The first-order valence-corrected chi connectivity index (χ1v) is 5.08. The molecule has 0 saturated carbocycles. The van der Waals surface area contributed by atoms with Gasteiger partial charge in [0, 0.05) is 16.1 Å². The Balaban J connectivity index is 3.12. The van der Waals surface area contributed by atoms with Crippen molar-refractivity contribution in [2.45, 2.75) is 26.0 Å². The molecule has 0 aliphatic heterocycles. The van der Waals surface area contributed by atoms with E-state index < -0.39 is 6.10 Å². The Hall–Kier alpha value is -0.280. The number of halogens is 2. The minimum atomic E-state index is -0.731. The van der Waals surface area contributed by atoms with Crippen molar-refractivity contribution in [3.63, 3.8) is 0 Å². The maximum absolute atomic E-state index is 9.70. The minimum Gasteiger partial charge on any atom is -0.387 e. The number of nitrogens with two attached hydrogens (primary N) is 1. The van der Waals surface area contributed by atoms with E-state index in [9.17, 15) is 5.11 Å². The van der Waals surface area contributed by atoms with Gasteiger partial charge in [0.05, 0.1) is 6.10 Å². The molecule has 0 aromatic heterocycles. The van der Waals surface area contributed by atoms with Gasteiger partial charge in [-0.25, -0.2) is 0 Å². The molecule has 0 heterocycles. The molecule has 0 aliphatic rings. The second-order valence-electron chi connectivity index (χ2n) is 3.41. The van der Waals surface area contributed by atoms with Gasteiger partial charge < -0.3 is 10.8 Å². The predicted molar refractivity (Wildman–Crippen MR) is 59.8 cm³/mol. The summed E-state index contributed by atoms with van der Waals surface area (Å²) in [5.74, 6) is 0. The van der Waals surface area contributed by atoms with E-state index in [1.54, 1.807) is 19.1 Å². The number of hydrogen-bond donors (Lipinski definition) is 2. The summed E-state index contributed by atoms with van der Waals surface area (Å²) in [6.07, 6.45) is -0.731. The van der Waals surface area contributed by atoms with Crippen LogP contribution in [0, 0.1) is 6.92 Å². The third kappa shape index (κ3) is 2.39. The summed E-state index contributed by atoms with van der Waals surface area (Å²) >= 11 is 11.9. The predicted octanol–water partition coefficient (Wildman–Crippen LogP) is 2.68. The zero-order chi connectivity index (χ0) is 10.9. The molecule has 3 N–H and O–H groups in total. The van der Waals surface area contributed by atoms with Crippen LogP contribution in [0.2, 0.25) is 10.0 Å². The van der Waals surface area contributed by atoms with Crippen molar-refractivity contribution in [2.24, 2.45) is 5.73 Å². The van der Waals surface area contributed by atoms with E-state index in [1.807, 2.05) is 6.92 Å². The van der Waals surface area contributed by atoms with E-state index >= 15 is 0 Å². The van der Waals surface area contributed by atoms with Crippen molar-refractivity contribution < 1.29 is 5.11 Å². The molecule has 2 atom stereocenters. The molecule has 0 bridgehead atoms. The van der Waals surface area contributed by atoms with Gasteiger partial charge in [0.2, 0.25) is 0 Å². The number of aliphatic hydroxyl groups excluding tert-OH is 1. The Kier molecular flexibility index (Phi) is 3.78. The highest BCUT2D eigenvalue weighted by molar-refractivity contribution is 6.36. The number of benzene rings is 1. The third-order valence-corrected chi connectivity index (χ3v) is 2.93. The Morgan fingerprint density at radius 1 is 1.29 bits per heavy atom. The van der Waals surface area contributed by atoms with Crippen molar-refractivity contribution in [2.75, 3.05) is 0 Å². The summed E-state index contributed by atoms with van der Waals surface area (Å²) in [6, 6.07) is 3.04. The van der Waals surface area contributed by atoms with Gasteiger partial charge in [-0.1, -0.05) is 23.2 Å². The highest BCUT2D eigenvalue weighted by atomic mass is 35.5. The van der Waals surface area contributed by atoms with Gasteiger partial charge in [0.1, 0.15) is 0 Å². The van der Waals surface area contributed by atoms with E-state index in [2.05, 4.69) is 0 Å². The summed E-state index contributed by atoms with van der Waals surface area (Å²) < 4.78 is 0. The lowest BCUT2D eigenvalue weighted by molar-refractivity contribution is 0.153. The van der Waals surface area contributed by atoms with Crippen LogP contribution in [0.1, 0.15) is 24.2 Å². The van der Waals surface area contributed by atoms with E-state index in [1.165, 1.54) is 0 Å². The first-order chi connectivity index (χ1) is 6.43. The summed E-state index contributed by atoms with van der Waals surface area (Å²) in [5, 5.41) is 10.8. The van der Waals surface area contributed by atoms with Crippen LogP contribution >= 0.6 is 23.2 Å². The molecule has 0 spiro atoms. The first-order valence-electron chi connectivity index (χ1n) is 4.32. The zero-order valence-corrected chi connectivity index (χ0v) is 9.60. The van der Waals surface area contributed by atoms with Gasteiger partial charge in [0.15, 0.2) is 0 Å². The molecule has 14 heavy (non-hydrogen) atoms. The van der Waals surface area contributed by atoms with Crippen LogP contribution in [0.5, 0.6) is 0 Å². The molecule has 78 valence electrons. The third-order valence-electron chi connectivity index (χ3n) is 2.14. The largest absolute Gasteiger partial charge is 0.387 e. The zero-order valence-electron chi connectivity index (χ0n) is 8.09. The molecule has 0 saturated heterocycles. The summed E-state index contributed by atoms with van der Waals surface area (Å²) in [7, 11) is 0. The number of rotatable bonds is 2. The Morgan fingerprint density at radius 2 is 1.71 bits per heavy atom. The van der Waals surface area contributed by atoms with Gasteiger partial charge in [-0.3, -0.25) is 0 Å². The Morgan fingerprint density at radius 3 is 2.07 bits per heavy atom. The van der Waals surface area contributed by atoms with Crippen molar-refractivity contribution in [1.82, 2.24) is 0 Å². The molecule has 4 heteroatoms. The summed E-state index contributed by atoms with van der Waals surface area (Å²) in [6.45, 7) is 3.55. The number of hydrogen-bond acceptors (Lipinski definition) is 2. The average Bonchev–Trinajstić information content (AvgIpc) is 2.12. The molecule has 0 aliphatic carbocycles. The molecule has 1 aromatic carbocycles. The van der Waals surface area contributed by atoms with E-state index in [0.717, 1.165) is 5.56 Å². The van der Waals surface area contributed by atoms with Crippen molar-refractivity contribution >= 4 is 23.2 Å². The van der Waals surface area contributed by atoms with Crippen molar-refractivity contribution in [1.29, 1.82) is 0 Å². The van der Waals surface area contributed by atoms with Crippen LogP contribution in [0.25, 0.3) is 0 Å². The molecule has 0 fully saturated rings. The second-order valence-corrected chi connectivity index (χ2v) is 4.23. The molecule has 1 aromatic rings. The molecule has 0 radical (unpaired) electrons. The fourth-order valence-corrected chi connectivity index (χ4v) is 1.64. The van der Waals surface area contributed by atoms with Crippen LogP contribution in [0.15, 0.2) is 12.1 Å². The summed E-state index contributed by atoms with van der Waals surface area (Å²) in [4.78, 5) is 0. The highest BCUT2D eigenvalue weighted by Gasteiger charge is 2.14. The Bertz CT molecular complexity index is 316. The maximum atomic E-state index is 9.70. The van der Waals surface area contributed by atoms with Gasteiger partial charge >= 0.3 is 0 Å². The first kappa shape index (κ1) is 11.8.